The molecule has 0 saturated heterocycles. The summed E-state index contributed by atoms with van der Waals surface area (Å²) in [6.45, 7) is 4.09. The van der Waals surface area contributed by atoms with Crippen LogP contribution in [0.15, 0.2) is 42.5 Å². The van der Waals surface area contributed by atoms with Crippen molar-refractivity contribution >= 4 is 11.6 Å². The monoisotopic (exact) mass is 383 g/mol. The Morgan fingerprint density at radius 1 is 1.11 bits per heavy atom. The van der Waals surface area contributed by atoms with Crippen molar-refractivity contribution in [2.75, 3.05) is 19.5 Å². The molecule has 0 spiro atoms. The summed E-state index contributed by atoms with van der Waals surface area (Å²) in [4.78, 5) is 12.8. The highest BCUT2D eigenvalue weighted by Crippen LogP contribution is 2.25. The molecule has 1 aromatic heterocycles. The van der Waals surface area contributed by atoms with E-state index in [9.17, 15) is 9.18 Å². The van der Waals surface area contributed by atoms with Gasteiger partial charge in [0.05, 0.1) is 37.8 Å². The van der Waals surface area contributed by atoms with E-state index in [2.05, 4.69) is 10.4 Å². The summed E-state index contributed by atoms with van der Waals surface area (Å²) in [6.07, 6.45) is 0. The lowest BCUT2D eigenvalue weighted by molar-refractivity contribution is 0.102. The van der Waals surface area contributed by atoms with Gasteiger partial charge in [-0.05, 0) is 43.7 Å². The predicted molar refractivity (Wildman–Crippen MR) is 105 cm³/mol. The van der Waals surface area contributed by atoms with Crippen molar-refractivity contribution < 1.29 is 18.7 Å². The molecule has 3 aromatic rings. The summed E-state index contributed by atoms with van der Waals surface area (Å²) in [5, 5.41) is 7.39. The van der Waals surface area contributed by atoms with Gasteiger partial charge in [-0.2, -0.15) is 5.10 Å². The zero-order valence-corrected chi connectivity index (χ0v) is 16.2. The number of hydrogen-bond donors (Lipinski definition) is 1. The van der Waals surface area contributed by atoms with E-state index >= 15 is 0 Å². The fourth-order valence-electron chi connectivity index (χ4n) is 2.96. The number of amides is 1. The van der Waals surface area contributed by atoms with Crippen molar-refractivity contribution in [3.63, 3.8) is 0 Å². The Bertz CT molecular complexity index is 992. The molecule has 0 atom stereocenters. The smallest absolute Gasteiger partial charge is 0.256 e. The molecule has 7 heteroatoms. The van der Waals surface area contributed by atoms with Crippen molar-refractivity contribution in [2.45, 2.75) is 20.4 Å². The van der Waals surface area contributed by atoms with Gasteiger partial charge >= 0.3 is 0 Å². The number of anilines is 1. The van der Waals surface area contributed by atoms with Crippen LogP contribution in [0, 0.1) is 19.7 Å². The van der Waals surface area contributed by atoms with E-state index in [1.807, 2.05) is 19.9 Å². The lowest BCUT2D eigenvalue weighted by atomic mass is 10.1. The highest BCUT2D eigenvalue weighted by molar-refractivity contribution is 6.05. The quantitative estimate of drug-likeness (QED) is 0.700. The van der Waals surface area contributed by atoms with Crippen molar-refractivity contribution in [2.24, 2.45) is 0 Å². The molecule has 2 aromatic carbocycles. The number of halogens is 1. The van der Waals surface area contributed by atoms with Gasteiger partial charge in [-0.25, -0.2) is 4.39 Å². The highest BCUT2D eigenvalue weighted by Gasteiger charge is 2.17. The largest absolute Gasteiger partial charge is 0.497 e. The minimum atomic E-state index is -0.297. The first-order valence-electron chi connectivity index (χ1n) is 8.74. The van der Waals surface area contributed by atoms with Crippen LogP contribution in [0.5, 0.6) is 11.5 Å². The van der Waals surface area contributed by atoms with Gasteiger partial charge in [-0.3, -0.25) is 9.48 Å². The van der Waals surface area contributed by atoms with Gasteiger partial charge < -0.3 is 14.8 Å². The van der Waals surface area contributed by atoms with E-state index < -0.39 is 0 Å². The molecule has 0 saturated carbocycles. The molecule has 0 bridgehead atoms. The third-order valence-electron chi connectivity index (χ3n) is 4.46. The summed E-state index contributed by atoms with van der Waals surface area (Å²) in [5.74, 6) is 0.465. The van der Waals surface area contributed by atoms with Crippen LogP contribution in [-0.4, -0.2) is 29.9 Å². The molecule has 0 radical (unpaired) electrons. The summed E-state index contributed by atoms with van der Waals surface area (Å²) in [7, 11) is 3.06. The minimum absolute atomic E-state index is 0.292. The first kappa shape index (κ1) is 19.4. The third-order valence-corrected chi connectivity index (χ3v) is 4.46. The SMILES string of the molecule is COc1cc(OC)cc(C(=O)Nc2c(C)nn(Cc3cccc(F)c3)c2C)c1. The summed E-state index contributed by atoms with van der Waals surface area (Å²) in [5.41, 5.74) is 3.29. The number of ether oxygens (including phenoxy) is 2. The Hall–Kier alpha value is -3.35. The Balaban J connectivity index is 1.85. The second kappa shape index (κ2) is 8.12. The molecule has 3 rings (SSSR count). The topological polar surface area (TPSA) is 65.4 Å². The third kappa shape index (κ3) is 4.14. The van der Waals surface area contributed by atoms with Crippen molar-refractivity contribution in [3.05, 3.63) is 70.8 Å². The molecule has 0 unspecified atom stereocenters. The number of aryl methyl sites for hydroxylation is 1. The number of hydrogen-bond acceptors (Lipinski definition) is 4. The maximum Gasteiger partial charge on any atom is 0.256 e. The molecule has 1 N–H and O–H groups in total. The van der Waals surface area contributed by atoms with Gasteiger partial charge in [0.25, 0.3) is 5.91 Å². The zero-order chi connectivity index (χ0) is 20.3. The maximum absolute atomic E-state index is 13.4. The summed E-state index contributed by atoms with van der Waals surface area (Å²) in [6, 6.07) is 11.3. The van der Waals surface area contributed by atoms with E-state index in [0.29, 0.717) is 35.0 Å². The second-order valence-electron chi connectivity index (χ2n) is 6.39. The van der Waals surface area contributed by atoms with E-state index in [1.54, 1.807) is 28.9 Å². The second-order valence-corrected chi connectivity index (χ2v) is 6.39. The number of methoxy groups -OCH3 is 2. The van der Waals surface area contributed by atoms with Crippen LogP contribution in [0.2, 0.25) is 0 Å². The first-order chi connectivity index (χ1) is 13.4. The average molecular weight is 383 g/mol. The summed E-state index contributed by atoms with van der Waals surface area (Å²) >= 11 is 0. The first-order valence-corrected chi connectivity index (χ1v) is 8.74. The zero-order valence-electron chi connectivity index (χ0n) is 16.2. The molecule has 0 fully saturated rings. The number of carbonyl (C=O) groups is 1. The standard InChI is InChI=1S/C21H22FN3O3/c1-13-20(14(2)25(24-13)12-15-6-5-7-17(22)8-15)23-21(26)16-9-18(27-3)11-19(10-16)28-4/h5-11H,12H2,1-4H3,(H,23,26). The normalized spacial score (nSPS) is 10.6. The van der Waals surface area contributed by atoms with E-state index in [-0.39, 0.29) is 11.7 Å². The van der Waals surface area contributed by atoms with Gasteiger partial charge in [-0.1, -0.05) is 12.1 Å². The predicted octanol–water partition coefficient (Wildman–Crippen LogP) is 3.96. The van der Waals surface area contributed by atoms with Crippen LogP contribution in [0.1, 0.15) is 27.3 Å². The molecule has 0 aliphatic heterocycles. The van der Waals surface area contributed by atoms with Gasteiger partial charge in [0.1, 0.15) is 17.3 Å². The molecular weight excluding hydrogens is 361 g/mol. The number of nitrogens with one attached hydrogen (secondary N) is 1. The molecule has 1 heterocycles. The fraction of sp³-hybridized carbons (Fsp3) is 0.238. The number of carbonyl (C=O) groups excluding carboxylic acids is 1. The number of benzene rings is 2. The lowest BCUT2D eigenvalue weighted by Gasteiger charge is -2.10. The number of aromatic nitrogens is 2. The van der Waals surface area contributed by atoms with Gasteiger partial charge in [0, 0.05) is 11.6 Å². The molecule has 0 aliphatic carbocycles. The molecule has 0 aliphatic rings. The Morgan fingerprint density at radius 2 is 1.79 bits per heavy atom. The minimum Gasteiger partial charge on any atom is -0.497 e. The Labute approximate surface area is 162 Å². The van der Waals surface area contributed by atoms with Gasteiger partial charge in [-0.15, -0.1) is 0 Å². The Morgan fingerprint density at radius 3 is 2.39 bits per heavy atom. The lowest BCUT2D eigenvalue weighted by Crippen LogP contribution is -2.13. The van der Waals surface area contributed by atoms with Crippen LogP contribution in [0.3, 0.4) is 0 Å². The fourth-order valence-corrected chi connectivity index (χ4v) is 2.96. The maximum atomic E-state index is 13.4. The van der Waals surface area contributed by atoms with Crippen LogP contribution >= 0.6 is 0 Å². The molecule has 1 amide bonds. The van der Waals surface area contributed by atoms with Crippen molar-refractivity contribution in [1.29, 1.82) is 0 Å². The molecular formula is C21H22FN3O3. The molecule has 6 nitrogen and oxygen atoms in total. The van der Waals surface area contributed by atoms with Crippen LogP contribution in [0.25, 0.3) is 0 Å². The van der Waals surface area contributed by atoms with Crippen molar-refractivity contribution in [1.82, 2.24) is 9.78 Å². The van der Waals surface area contributed by atoms with Crippen LogP contribution in [-0.2, 0) is 6.54 Å². The molecule has 28 heavy (non-hydrogen) atoms. The van der Waals surface area contributed by atoms with Gasteiger partial charge in [0.2, 0.25) is 0 Å². The summed E-state index contributed by atoms with van der Waals surface area (Å²) < 4.78 is 25.6. The number of nitrogens with zero attached hydrogens (tertiary/aromatic N) is 2. The van der Waals surface area contributed by atoms with E-state index in [4.69, 9.17) is 9.47 Å². The van der Waals surface area contributed by atoms with Gasteiger partial charge in [0.15, 0.2) is 0 Å². The van der Waals surface area contributed by atoms with Crippen LogP contribution in [0.4, 0.5) is 10.1 Å². The average Bonchev–Trinajstić information content (AvgIpc) is 2.94. The number of rotatable bonds is 6. The Kier molecular flexibility index (Phi) is 5.63. The van der Waals surface area contributed by atoms with Crippen LogP contribution < -0.4 is 14.8 Å². The molecule has 146 valence electrons. The van der Waals surface area contributed by atoms with E-state index in [1.165, 1.54) is 26.4 Å². The van der Waals surface area contributed by atoms with E-state index in [0.717, 1.165) is 11.3 Å². The highest BCUT2D eigenvalue weighted by atomic mass is 19.1. The van der Waals surface area contributed by atoms with Crippen molar-refractivity contribution in [3.8, 4) is 11.5 Å².